The molecule has 0 aromatic rings. The zero-order valence-electron chi connectivity index (χ0n) is 13.4. The van der Waals surface area contributed by atoms with Gasteiger partial charge in [0.2, 0.25) is 0 Å². The Bertz CT molecular complexity index is 282. The molecule has 4 atom stereocenters. The van der Waals surface area contributed by atoms with Crippen LogP contribution in [0.3, 0.4) is 0 Å². The summed E-state index contributed by atoms with van der Waals surface area (Å²) in [7, 11) is 0. The predicted molar refractivity (Wildman–Crippen MR) is 86.9 cm³/mol. The maximum absolute atomic E-state index is 3.76. The first-order chi connectivity index (χ1) is 8.92. The summed E-state index contributed by atoms with van der Waals surface area (Å²) in [5, 5.41) is 5.37. The SMILES string of the molecule is CCNC1C(CN2CC(C)SC(C)C2)CCC1(C)C. The lowest BCUT2D eigenvalue weighted by molar-refractivity contribution is 0.183. The maximum atomic E-state index is 3.76. The van der Waals surface area contributed by atoms with Gasteiger partial charge in [-0.2, -0.15) is 11.8 Å². The predicted octanol–water partition coefficient (Wildman–Crippen LogP) is 3.23. The van der Waals surface area contributed by atoms with Gasteiger partial charge >= 0.3 is 0 Å². The van der Waals surface area contributed by atoms with Gasteiger partial charge in [-0.15, -0.1) is 0 Å². The van der Waals surface area contributed by atoms with Crippen LogP contribution in [0.1, 0.15) is 47.5 Å². The molecule has 0 radical (unpaired) electrons. The normalized spacial score (nSPS) is 39.6. The van der Waals surface area contributed by atoms with Crippen LogP contribution >= 0.6 is 11.8 Å². The molecular weight excluding hydrogens is 252 g/mol. The number of thioether (sulfide) groups is 1. The van der Waals surface area contributed by atoms with Gasteiger partial charge in [0.15, 0.2) is 0 Å². The molecular formula is C16H32N2S. The van der Waals surface area contributed by atoms with Crippen molar-refractivity contribution in [2.45, 2.75) is 64.0 Å². The molecule has 2 nitrogen and oxygen atoms in total. The second kappa shape index (κ2) is 6.36. The van der Waals surface area contributed by atoms with Crippen molar-refractivity contribution in [2.75, 3.05) is 26.2 Å². The Labute approximate surface area is 124 Å². The fourth-order valence-electron chi connectivity index (χ4n) is 4.14. The van der Waals surface area contributed by atoms with Crippen LogP contribution in [0.2, 0.25) is 0 Å². The number of hydrogen-bond acceptors (Lipinski definition) is 3. The summed E-state index contributed by atoms with van der Waals surface area (Å²) in [6.45, 7) is 16.9. The lowest BCUT2D eigenvalue weighted by Gasteiger charge is -2.38. The Morgan fingerprint density at radius 2 is 1.84 bits per heavy atom. The van der Waals surface area contributed by atoms with Crippen molar-refractivity contribution in [2.24, 2.45) is 11.3 Å². The summed E-state index contributed by atoms with van der Waals surface area (Å²) in [5.41, 5.74) is 0.475. The van der Waals surface area contributed by atoms with Gasteiger partial charge in [-0.3, -0.25) is 0 Å². The maximum Gasteiger partial charge on any atom is 0.0159 e. The molecule has 0 aromatic heterocycles. The molecule has 1 aliphatic heterocycles. The molecule has 1 aliphatic carbocycles. The van der Waals surface area contributed by atoms with Gasteiger partial charge in [0.25, 0.3) is 0 Å². The molecule has 112 valence electrons. The molecule has 1 saturated carbocycles. The van der Waals surface area contributed by atoms with Crippen LogP contribution in [0, 0.1) is 11.3 Å². The van der Waals surface area contributed by atoms with E-state index in [2.05, 4.69) is 56.6 Å². The van der Waals surface area contributed by atoms with E-state index >= 15 is 0 Å². The Morgan fingerprint density at radius 1 is 1.21 bits per heavy atom. The zero-order valence-corrected chi connectivity index (χ0v) is 14.2. The molecule has 0 aromatic carbocycles. The van der Waals surface area contributed by atoms with Crippen molar-refractivity contribution in [3.8, 4) is 0 Å². The molecule has 2 rings (SSSR count). The topological polar surface area (TPSA) is 15.3 Å². The van der Waals surface area contributed by atoms with E-state index < -0.39 is 0 Å². The van der Waals surface area contributed by atoms with Gasteiger partial charge in [-0.05, 0) is 30.7 Å². The van der Waals surface area contributed by atoms with Gasteiger partial charge in [0.1, 0.15) is 0 Å². The van der Waals surface area contributed by atoms with E-state index in [1.54, 1.807) is 0 Å². The van der Waals surface area contributed by atoms with Crippen LogP contribution in [0.5, 0.6) is 0 Å². The summed E-state index contributed by atoms with van der Waals surface area (Å²) in [5.74, 6) is 0.845. The fourth-order valence-corrected chi connectivity index (χ4v) is 5.53. The van der Waals surface area contributed by atoms with Crippen molar-refractivity contribution < 1.29 is 0 Å². The molecule has 2 fully saturated rings. The quantitative estimate of drug-likeness (QED) is 0.853. The molecule has 19 heavy (non-hydrogen) atoms. The summed E-state index contributed by atoms with van der Waals surface area (Å²) < 4.78 is 0. The summed E-state index contributed by atoms with van der Waals surface area (Å²) in [6, 6.07) is 0.706. The Hall–Kier alpha value is 0.270. The number of rotatable bonds is 4. The zero-order chi connectivity index (χ0) is 14.0. The molecule has 0 bridgehead atoms. The van der Waals surface area contributed by atoms with E-state index in [1.807, 2.05) is 0 Å². The Morgan fingerprint density at radius 3 is 2.42 bits per heavy atom. The van der Waals surface area contributed by atoms with E-state index in [1.165, 1.54) is 32.5 Å². The smallest absolute Gasteiger partial charge is 0.0159 e. The third-order valence-electron chi connectivity index (χ3n) is 4.88. The van der Waals surface area contributed by atoms with Crippen LogP contribution in [-0.4, -0.2) is 47.6 Å². The summed E-state index contributed by atoms with van der Waals surface area (Å²) in [4.78, 5) is 2.72. The Kier molecular flexibility index (Phi) is 5.24. The first kappa shape index (κ1) is 15.7. The molecule has 4 unspecified atom stereocenters. The van der Waals surface area contributed by atoms with Crippen LogP contribution in [0.15, 0.2) is 0 Å². The fraction of sp³-hybridized carbons (Fsp3) is 1.00. The van der Waals surface area contributed by atoms with Gasteiger partial charge in [0.05, 0.1) is 0 Å². The highest BCUT2D eigenvalue weighted by molar-refractivity contribution is 8.00. The molecule has 2 aliphatic rings. The highest BCUT2D eigenvalue weighted by Gasteiger charge is 2.42. The molecule has 1 saturated heterocycles. The van der Waals surface area contributed by atoms with Crippen molar-refractivity contribution >= 4 is 11.8 Å². The third kappa shape index (κ3) is 3.89. The van der Waals surface area contributed by atoms with E-state index in [4.69, 9.17) is 0 Å². The van der Waals surface area contributed by atoms with Crippen molar-refractivity contribution in [1.29, 1.82) is 0 Å². The van der Waals surface area contributed by atoms with Crippen molar-refractivity contribution in [3.63, 3.8) is 0 Å². The van der Waals surface area contributed by atoms with E-state index in [0.29, 0.717) is 11.5 Å². The van der Waals surface area contributed by atoms with Crippen LogP contribution in [0.25, 0.3) is 0 Å². The van der Waals surface area contributed by atoms with E-state index in [0.717, 1.165) is 23.0 Å². The van der Waals surface area contributed by atoms with Gasteiger partial charge in [-0.25, -0.2) is 0 Å². The minimum Gasteiger partial charge on any atom is -0.313 e. The van der Waals surface area contributed by atoms with Gasteiger partial charge in [0, 0.05) is 36.2 Å². The standard InChI is InChI=1S/C16H32N2S/c1-6-17-15-14(7-8-16(15,4)5)11-18-9-12(2)19-13(3)10-18/h12-15,17H,6-11H2,1-5H3. The highest BCUT2D eigenvalue weighted by atomic mass is 32.2. The van der Waals surface area contributed by atoms with E-state index in [9.17, 15) is 0 Å². The first-order valence-corrected chi connectivity index (χ1v) is 8.98. The second-order valence-corrected chi connectivity index (χ2v) is 9.18. The molecule has 0 amide bonds. The van der Waals surface area contributed by atoms with Crippen LogP contribution in [-0.2, 0) is 0 Å². The average Bonchev–Trinajstić information content (AvgIpc) is 2.55. The van der Waals surface area contributed by atoms with Crippen molar-refractivity contribution in [3.05, 3.63) is 0 Å². The summed E-state index contributed by atoms with van der Waals surface area (Å²) in [6.07, 6.45) is 2.78. The first-order valence-electron chi connectivity index (χ1n) is 8.03. The van der Waals surface area contributed by atoms with Crippen LogP contribution < -0.4 is 5.32 Å². The summed E-state index contributed by atoms with van der Waals surface area (Å²) >= 11 is 2.16. The minimum atomic E-state index is 0.475. The Balaban J connectivity index is 1.94. The third-order valence-corrected chi connectivity index (χ3v) is 6.11. The molecule has 1 heterocycles. The van der Waals surface area contributed by atoms with Gasteiger partial charge in [-0.1, -0.05) is 34.6 Å². The number of hydrogen-bond donors (Lipinski definition) is 1. The second-order valence-electron chi connectivity index (χ2n) is 7.30. The van der Waals surface area contributed by atoms with Crippen molar-refractivity contribution in [1.82, 2.24) is 10.2 Å². The van der Waals surface area contributed by atoms with Crippen LogP contribution in [0.4, 0.5) is 0 Å². The van der Waals surface area contributed by atoms with Gasteiger partial charge < -0.3 is 10.2 Å². The monoisotopic (exact) mass is 284 g/mol. The minimum absolute atomic E-state index is 0.475. The largest absolute Gasteiger partial charge is 0.313 e. The van der Waals surface area contributed by atoms with E-state index in [-0.39, 0.29) is 0 Å². The lowest BCUT2D eigenvalue weighted by atomic mass is 9.84. The average molecular weight is 285 g/mol. The molecule has 3 heteroatoms. The number of nitrogens with one attached hydrogen (secondary N) is 1. The number of nitrogens with zero attached hydrogens (tertiary/aromatic N) is 1. The lowest BCUT2D eigenvalue weighted by Crippen LogP contribution is -2.48. The molecule has 1 N–H and O–H groups in total. The highest BCUT2D eigenvalue weighted by Crippen LogP contribution is 2.42. The molecule has 0 spiro atoms.